The Morgan fingerprint density at radius 2 is 2.00 bits per heavy atom. The van der Waals surface area contributed by atoms with Gasteiger partial charge in [-0.25, -0.2) is 0 Å². The van der Waals surface area contributed by atoms with Crippen molar-refractivity contribution in [2.45, 2.75) is 12.5 Å². The number of pyridine rings is 1. The van der Waals surface area contributed by atoms with E-state index in [0.29, 0.717) is 11.1 Å². The Kier molecular flexibility index (Phi) is 6.70. The summed E-state index contributed by atoms with van der Waals surface area (Å²) in [5, 5.41) is 5.31. The third-order valence-electron chi connectivity index (χ3n) is 5.58. The van der Waals surface area contributed by atoms with Gasteiger partial charge in [-0.2, -0.15) is 0 Å². The molecule has 0 bridgehead atoms. The minimum Gasteiger partial charge on any atom is -0.384 e. The fourth-order valence-corrected chi connectivity index (χ4v) is 4.91. The lowest BCUT2D eigenvalue weighted by molar-refractivity contribution is 0.0897. The number of likely N-dealkylation sites (N-methyl/N-ethyl adjacent to an activating group) is 1. The number of hydrogen-bond acceptors (Lipinski definition) is 4. The summed E-state index contributed by atoms with van der Waals surface area (Å²) in [6, 6.07) is 17.3. The van der Waals surface area contributed by atoms with Crippen LogP contribution in [-0.4, -0.2) is 54.6 Å². The fraction of sp³-hybridized carbons (Fsp3) is 0.348. The highest BCUT2D eigenvalue weighted by Crippen LogP contribution is 2.31. The number of rotatable bonds is 6. The van der Waals surface area contributed by atoms with E-state index >= 15 is 0 Å². The summed E-state index contributed by atoms with van der Waals surface area (Å²) in [5.74, 6) is 0. The van der Waals surface area contributed by atoms with Crippen molar-refractivity contribution in [2.75, 3.05) is 45.1 Å². The van der Waals surface area contributed by atoms with Crippen LogP contribution in [0.5, 0.6) is 0 Å². The van der Waals surface area contributed by atoms with Gasteiger partial charge in [0.25, 0.3) is 0 Å². The molecule has 152 valence electrons. The first-order valence-corrected chi connectivity index (χ1v) is 11.2. The number of fused-ring (bicyclic) bond motifs is 1. The summed E-state index contributed by atoms with van der Waals surface area (Å²) in [5.41, 5.74) is 3.32. The van der Waals surface area contributed by atoms with Gasteiger partial charge in [-0.3, -0.25) is 9.88 Å². The molecule has 0 spiro atoms. The van der Waals surface area contributed by atoms with Gasteiger partial charge >= 0.3 is 0 Å². The summed E-state index contributed by atoms with van der Waals surface area (Å²) < 4.78 is 0.967. The molecule has 0 saturated carbocycles. The number of nitrogens with zero attached hydrogens (tertiary/aromatic N) is 3. The number of halogens is 2. The molecular formula is C23H26BrClN4. The molecule has 1 saturated heterocycles. The standard InChI is InChI=1S/C23H26BrClN4/c1-28-12-13-29(22(16-28)17-6-3-2-4-7-17)11-5-9-26-21-8-10-27-23-19(21)14-18(24)15-20(23)25/h2-4,6-8,10,14-15,22H,5,9,11-13,16H2,1H3,(H,26,27). The zero-order chi connectivity index (χ0) is 20.2. The van der Waals surface area contributed by atoms with E-state index < -0.39 is 0 Å². The van der Waals surface area contributed by atoms with Gasteiger partial charge in [0.1, 0.15) is 0 Å². The topological polar surface area (TPSA) is 31.4 Å². The summed E-state index contributed by atoms with van der Waals surface area (Å²) in [4.78, 5) is 9.48. The summed E-state index contributed by atoms with van der Waals surface area (Å²) in [6.07, 6.45) is 2.90. The molecule has 4 nitrogen and oxygen atoms in total. The van der Waals surface area contributed by atoms with Gasteiger partial charge < -0.3 is 10.2 Å². The predicted octanol–water partition coefficient (Wildman–Crippen LogP) is 5.44. The Morgan fingerprint density at radius 3 is 2.83 bits per heavy atom. The second-order valence-corrected chi connectivity index (χ2v) is 8.97. The van der Waals surface area contributed by atoms with Crippen molar-refractivity contribution < 1.29 is 0 Å². The molecule has 4 rings (SSSR count). The number of piperazine rings is 1. The van der Waals surface area contributed by atoms with Gasteiger partial charge in [0, 0.05) is 60.5 Å². The zero-order valence-electron chi connectivity index (χ0n) is 16.6. The van der Waals surface area contributed by atoms with Crippen molar-refractivity contribution in [3.63, 3.8) is 0 Å². The molecule has 3 aromatic rings. The molecule has 0 radical (unpaired) electrons. The SMILES string of the molecule is CN1CCN(CCCNc2ccnc3c(Cl)cc(Br)cc23)C(c2ccccc2)C1. The molecule has 0 amide bonds. The lowest BCUT2D eigenvalue weighted by Gasteiger charge is -2.40. The van der Waals surface area contributed by atoms with Crippen LogP contribution in [0.1, 0.15) is 18.0 Å². The normalized spacial score (nSPS) is 18.2. The maximum Gasteiger partial charge on any atom is 0.0909 e. The van der Waals surface area contributed by atoms with Crippen LogP contribution in [0.4, 0.5) is 5.69 Å². The van der Waals surface area contributed by atoms with Crippen LogP contribution in [0.25, 0.3) is 10.9 Å². The average Bonchev–Trinajstić information content (AvgIpc) is 2.73. The van der Waals surface area contributed by atoms with Crippen LogP contribution >= 0.6 is 27.5 Å². The van der Waals surface area contributed by atoms with Crippen molar-refractivity contribution >= 4 is 44.1 Å². The van der Waals surface area contributed by atoms with Gasteiger partial charge in [-0.15, -0.1) is 0 Å². The molecule has 6 heteroatoms. The third kappa shape index (κ3) is 4.92. The molecule has 1 fully saturated rings. The van der Waals surface area contributed by atoms with Gasteiger partial charge in [0.2, 0.25) is 0 Å². The quantitative estimate of drug-likeness (QED) is 0.483. The Morgan fingerprint density at radius 1 is 1.17 bits per heavy atom. The van der Waals surface area contributed by atoms with Gasteiger partial charge in [0.15, 0.2) is 0 Å². The van der Waals surface area contributed by atoms with Crippen LogP contribution in [0.3, 0.4) is 0 Å². The fourth-order valence-electron chi connectivity index (χ4n) is 4.05. The highest BCUT2D eigenvalue weighted by molar-refractivity contribution is 9.10. The van der Waals surface area contributed by atoms with Crippen molar-refractivity contribution in [3.05, 3.63) is 69.8 Å². The van der Waals surface area contributed by atoms with Crippen molar-refractivity contribution in [1.82, 2.24) is 14.8 Å². The Balaban J connectivity index is 1.39. The summed E-state index contributed by atoms with van der Waals surface area (Å²) in [6.45, 7) is 5.30. The van der Waals surface area contributed by atoms with E-state index in [1.165, 1.54) is 5.56 Å². The van der Waals surface area contributed by atoms with Crippen molar-refractivity contribution in [2.24, 2.45) is 0 Å². The summed E-state index contributed by atoms with van der Waals surface area (Å²) in [7, 11) is 2.21. The van der Waals surface area contributed by atoms with E-state index in [1.807, 2.05) is 18.3 Å². The number of benzene rings is 2. The Labute approximate surface area is 186 Å². The molecule has 29 heavy (non-hydrogen) atoms. The number of anilines is 1. The zero-order valence-corrected chi connectivity index (χ0v) is 19.0. The molecule has 2 aromatic carbocycles. The number of aromatic nitrogens is 1. The van der Waals surface area contributed by atoms with Crippen LogP contribution in [-0.2, 0) is 0 Å². The lowest BCUT2D eigenvalue weighted by Crippen LogP contribution is -2.47. The van der Waals surface area contributed by atoms with E-state index in [-0.39, 0.29) is 0 Å². The van der Waals surface area contributed by atoms with Gasteiger partial charge in [-0.1, -0.05) is 57.9 Å². The lowest BCUT2D eigenvalue weighted by atomic mass is 10.0. The minimum atomic E-state index is 0.464. The van der Waals surface area contributed by atoms with E-state index in [4.69, 9.17) is 11.6 Å². The molecule has 1 aromatic heterocycles. The molecule has 1 unspecified atom stereocenters. The predicted molar refractivity (Wildman–Crippen MR) is 126 cm³/mol. The molecule has 1 aliphatic rings. The maximum atomic E-state index is 6.35. The summed E-state index contributed by atoms with van der Waals surface area (Å²) >= 11 is 9.89. The molecule has 1 N–H and O–H groups in total. The molecular weight excluding hydrogens is 448 g/mol. The van der Waals surface area contributed by atoms with Crippen molar-refractivity contribution in [3.8, 4) is 0 Å². The first kappa shape index (κ1) is 20.6. The van der Waals surface area contributed by atoms with E-state index in [1.54, 1.807) is 0 Å². The van der Waals surface area contributed by atoms with E-state index in [9.17, 15) is 0 Å². The van der Waals surface area contributed by atoms with Gasteiger partial charge in [-0.05, 0) is 37.2 Å². The molecule has 1 aliphatic heterocycles. The van der Waals surface area contributed by atoms with Crippen LogP contribution in [0.2, 0.25) is 5.02 Å². The number of hydrogen-bond donors (Lipinski definition) is 1. The Bertz CT molecular complexity index is 966. The van der Waals surface area contributed by atoms with Gasteiger partial charge in [0.05, 0.1) is 10.5 Å². The second kappa shape index (κ2) is 9.43. The third-order valence-corrected chi connectivity index (χ3v) is 6.33. The molecule has 0 aliphatic carbocycles. The van der Waals surface area contributed by atoms with Crippen LogP contribution in [0.15, 0.2) is 59.2 Å². The molecule has 2 heterocycles. The minimum absolute atomic E-state index is 0.464. The van der Waals surface area contributed by atoms with Crippen LogP contribution < -0.4 is 5.32 Å². The Hall–Kier alpha value is -1.66. The van der Waals surface area contributed by atoms with Crippen molar-refractivity contribution in [1.29, 1.82) is 0 Å². The average molecular weight is 474 g/mol. The maximum absolute atomic E-state index is 6.35. The highest BCUT2D eigenvalue weighted by atomic mass is 79.9. The number of nitrogens with one attached hydrogen (secondary N) is 1. The molecule has 1 atom stereocenters. The highest BCUT2D eigenvalue weighted by Gasteiger charge is 2.25. The van der Waals surface area contributed by atoms with E-state index in [2.05, 4.69) is 79.5 Å². The second-order valence-electron chi connectivity index (χ2n) is 7.65. The first-order valence-electron chi connectivity index (χ1n) is 10.1. The smallest absolute Gasteiger partial charge is 0.0909 e. The van der Waals surface area contributed by atoms with Crippen LogP contribution in [0, 0.1) is 0 Å². The first-order chi connectivity index (χ1) is 14.1. The monoisotopic (exact) mass is 472 g/mol. The largest absolute Gasteiger partial charge is 0.384 e. The van der Waals surface area contributed by atoms with E-state index in [0.717, 1.165) is 60.2 Å².